The minimum absolute atomic E-state index is 0.118. The van der Waals surface area contributed by atoms with Crippen molar-refractivity contribution in [3.8, 4) is 0 Å². The largest absolute Gasteiger partial charge is 0.280 e. The van der Waals surface area contributed by atoms with Crippen molar-refractivity contribution in [2.45, 2.75) is 32.4 Å². The van der Waals surface area contributed by atoms with Gasteiger partial charge < -0.3 is 0 Å². The molecule has 0 aromatic heterocycles. The van der Waals surface area contributed by atoms with E-state index >= 15 is 0 Å². The first-order chi connectivity index (χ1) is 8.73. The highest BCUT2D eigenvalue weighted by atomic mass is 35.5. The molecule has 0 saturated carbocycles. The highest BCUT2D eigenvalue weighted by Crippen LogP contribution is 2.24. The van der Waals surface area contributed by atoms with Crippen molar-refractivity contribution in [3.63, 3.8) is 0 Å². The Labute approximate surface area is 120 Å². The van der Waals surface area contributed by atoms with E-state index in [4.69, 9.17) is 11.6 Å². The van der Waals surface area contributed by atoms with Crippen LogP contribution in [0.15, 0.2) is 30.3 Å². The molecule has 1 N–H and O–H groups in total. The monoisotopic (exact) mass is 304 g/mol. The van der Waals surface area contributed by atoms with Gasteiger partial charge in [0.1, 0.15) is 0 Å². The van der Waals surface area contributed by atoms with Crippen LogP contribution in [0.1, 0.15) is 26.3 Å². The molecule has 19 heavy (non-hydrogen) atoms. The lowest BCUT2D eigenvalue weighted by Gasteiger charge is -2.32. The molecule has 0 fully saturated rings. The number of hydrogen-bond acceptors (Lipinski definition) is 2. The van der Waals surface area contributed by atoms with Crippen molar-refractivity contribution in [2.24, 2.45) is 0 Å². The molecule has 0 aliphatic carbocycles. The van der Waals surface area contributed by atoms with E-state index < -0.39 is 15.7 Å². The molecule has 0 spiro atoms. The van der Waals surface area contributed by atoms with Crippen molar-refractivity contribution >= 4 is 21.8 Å². The van der Waals surface area contributed by atoms with Crippen LogP contribution in [0.25, 0.3) is 0 Å². The molecule has 0 heterocycles. The summed E-state index contributed by atoms with van der Waals surface area (Å²) in [6.07, 6.45) is 0. The quantitative estimate of drug-likeness (QED) is 0.820. The first-order valence-corrected chi connectivity index (χ1v) is 8.09. The minimum Gasteiger partial charge on any atom is -0.195 e. The summed E-state index contributed by atoms with van der Waals surface area (Å²) in [4.78, 5) is 0. The van der Waals surface area contributed by atoms with Gasteiger partial charge in [-0.3, -0.25) is 0 Å². The highest BCUT2D eigenvalue weighted by molar-refractivity contribution is 7.87. The van der Waals surface area contributed by atoms with Crippen molar-refractivity contribution in [1.82, 2.24) is 9.03 Å². The normalized spacial score (nSPS) is 15.7. The summed E-state index contributed by atoms with van der Waals surface area (Å²) < 4.78 is 28.5. The van der Waals surface area contributed by atoms with E-state index in [0.29, 0.717) is 0 Å². The predicted molar refractivity (Wildman–Crippen MR) is 79.5 cm³/mol. The number of rotatable bonds is 6. The average molecular weight is 305 g/mol. The topological polar surface area (TPSA) is 49.4 Å². The molecule has 0 bridgehead atoms. The number of benzene rings is 1. The fourth-order valence-electron chi connectivity index (χ4n) is 1.60. The molecule has 1 rings (SSSR count). The zero-order valence-corrected chi connectivity index (χ0v) is 13.3. The molecule has 0 aliphatic heterocycles. The maximum absolute atomic E-state index is 12.3. The molecule has 0 saturated heterocycles. The van der Waals surface area contributed by atoms with Crippen LogP contribution in [0.3, 0.4) is 0 Å². The van der Waals surface area contributed by atoms with Gasteiger partial charge in [-0.15, -0.1) is 11.6 Å². The number of nitrogens with one attached hydrogen (secondary N) is 1. The number of nitrogens with zero attached hydrogens (tertiary/aromatic N) is 1. The zero-order valence-electron chi connectivity index (χ0n) is 11.7. The van der Waals surface area contributed by atoms with Crippen LogP contribution in [0, 0.1) is 0 Å². The minimum atomic E-state index is -3.58. The lowest BCUT2D eigenvalue weighted by molar-refractivity contribution is 0.379. The van der Waals surface area contributed by atoms with Gasteiger partial charge in [0.05, 0.1) is 5.54 Å². The first kappa shape index (κ1) is 16.4. The second kappa shape index (κ2) is 6.22. The Hall–Kier alpha value is -0.620. The Kier molecular flexibility index (Phi) is 5.38. The van der Waals surface area contributed by atoms with Gasteiger partial charge in [0.2, 0.25) is 0 Å². The predicted octanol–water partition coefficient (Wildman–Crippen LogP) is 2.32. The first-order valence-electron chi connectivity index (χ1n) is 6.11. The zero-order chi connectivity index (χ0) is 14.7. The summed E-state index contributed by atoms with van der Waals surface area (Å²) in [5.41, 5.74) is 0.0101. The maximum Gasteiger partial charge on any atom is 0.280 e. The molecular formula is C13H21ClN2O2S. The van der Waals surface area contributed by atoms with E-state index in [-0.39, 0.29) is 11.9 Å². The fourth-order valence-corrected chi connectivity index (χ4v) is 3.36. The summed E-state index contributed by atoms with van der Waals surface area (Å²) in [7, 11) is -2.03. The van der Waals surface area contributed by atoms with Crippen molar-refractivity contribution in [3.05, 3.63) is 35.9 Å². The standard InChI is InChI=1S/C13H21ClN2O2S/c1-11(2)16(4)19(17,18)15-13(3,10-14)12-8-6-5-7-9-12/h5-9,11,15H,10H2,1-4H3. The molecule has 1 aromatic carbocycles. The van der Waals surface area contributed by atoms with Crippen LogP contribution >= 0.6 is 11.6 Å². The van der Waals surface area contributed by atoms with E-state index in [1.807, 2.05) is 44.2 Å². The van der Waals surface area contributed by atoms with Gasteiger partial charge in [-0.25, -0.2) is 0 Å². The molecule has 0 radical (unpaired) electrons. The van der Waals surface area contributed by atoms with Crippen molar-refractivity contribution < 1.29 is 8.42 Å². The maximum atomic E-state index is 12.3. The molecule has 1 unspecified atom stereocenters. The molecule has 0 aliphatic rings. The van der Waals surface area contributed by atoms with Gasteiger partial charge in [0.15, 0.2) is 0 Å². The van der Waals surface area contributed by atoms with Crippen LogP contribution < -0.4 is 4.72 Å². The summed E-state index contributed by atoms with van der Waals surface area (Å²) in [6.45, 7) is 5.42. The Morgan fingerprint density at radius 1 is 1.32 bits per heavy atom. The second-order valence-electron chi connectivity index (χ2n) is 5.05. The second-order valence-corrected chi connectivity index (χ2v) is 7.05. The van der Waals surface area contributed by atoms with Gasteiger partial charge in [-0.2, -0.15) is 17.4 Å². The lowest BCUT2D eigenvalue weighted by atomic mass is 9.96. The van der Waals surface area contributed by atoms with Crippen molar-refractivity contribution in [1.29, 1.82) is 0 Å². The Bertz CT molecular complexity index is 505. The van der Waals surface area contributed by atoms with E-state index in [1.165, 1.54) is 4.31 Å². The van der Waals surface area contributed by atoms with Gasteiger partial charge in [0.25, 0.3) is 10.2 Å². The Balaban J connectivity index is 3.07. The van der Waals surface area contributed by atoms with E-state index in [2.05, 4.69) is 4.72 Å². The van der Waals surface area contributed by atoms with Crippen LogP contribution in [0.5, 0.6) is 0 Å². The molecule has 0 amide bonds. The molecule has 108 valence electrons. The number of hydrogen-bond donors (Lipinski definition) is 1. The Morgan fingerprint density at radius 3 is 2.26 bits per heavy atom. The van der Waals surface area contributed by atoms with Gasteiger partial charge in [0, 0.05) is 19.0 Å². The van der Waals surface area contributed by atoms with Crippen LogP contribution in [-0.2, 0) is 15.7 Å². The molecule has 1 aromatic rings. The Morgan fingerprint density at radius 2 is 1.84 bits per heavy atom. The van der Waals surface area contributed by atoms with Gasteiger partial charge in [-0.05, 0) is 26.3 Å². The molecule has 1 atom stereocenters. The SMILES string of the molecule is CC(C)N(C)S(=O)(=O)NC(C)(CCl)c1ccccc1. The van der Waals surface area contributed by atoms with E-state index in [1.54, 1.807) is 14.0 Å². The number of halogens is 1. The molecule has 6 heteroatoms. The third-order valence-electron chi connectivity index (χ3n) is 3.14. The summed E-state index contributed by atoms with van der Waals surface area (Å²) in [5.74, 6) is 0.155. The third-order valence-corrected chi connectivity index (χ3v) is 5.56. The van der Waals surface area contributed by atoms with E-state index in [9.17, 15) is 8.42 Å². The van der Waals surface area contributed by atoms with Crippen molar-refractivity contribution in [2.75, 3.05) is 12.9 Å². The summed E-state index contributed by atoms with van der Waals surface area (Å²) in [5, 5.41) is 0. The molecular weight excluding hydrogens is 284 g/mol. The van der Waals surface area contributed by atoms with Crippen LogP contribution in [-0.4, -0.2) is 31.7 Å². The lowest BCUT2D eigenvalue weighted by Crippen LogP contribution is -2.51. The van der Waals surface area contributed by atoms with Gasteiger partial charge >= 0.3 is 0 Å². The smallest absolute Gasteiger partial charge is 0.195 e. The fraction of sp³-hybridized carbons (Fsp3) is 0.538. The van der Waals surface area contributed by atoms with Gasteiger partial charge in [-0.1, -0.05) is 30.3 Å². The highest BCUT2D eigenvalue weighted by Gasteiger charge is 2.33. The number of alkyl halides is 1. The molecule has 4 nitrogen and oxygen atoms in total. The van der Waals surface area contributed by atoms with Crippen LogP contribution in [0.4, 0.5) is 0 Å². The summed E-state index contributed by atoms with van der Waals surface area (Å²) >= 11 is 5.99. The third kappa shape index (κ3) is 3.92. The average Bonchev–Trinajstić information content (AvgIpc) is 2.38. The van der Waals surface area contributed by atoms with Crippen LogP contribution in [0.2, 0.25) is 0 Å². The summed E-state index contributed by atoms with van der Waals surface area (Å²) in [6, 6.07) is 9.21. The van der Waals surface area contributed by atoms with E-state index in [0.717, 1.165) is 5.56 Å².